The van der Waals surface area contributed by atoms with Crippen LogP contribution < -0.4 is 5.32 Å². The molecule has 25 heavy (non-hydrogen) atoms. The third kappa shape index (κ3) is 3.19. The molecule has 0 unspecified atom stereocenters. The predicted molar refractivity (Wildman–Crippen MR) is 91.3 cm³/mol. The Morgan fingerprint density at radius 1 is 1.20 bits per heavy atom. The Hall–Kier alpha value is -3.27. The third-order valence-electron chi connectivity index (χ3n) is 4.17. The van der Waals surface area contributed by atoms with Gasteiger partial charge in [-0.3, -0.25) is 0 Å². The predicted octanol–water partition coefficient (Wildman–Crippen LogP) is 3.04. The smallest absolute Gasteiger partial charge is 0.167 e. The molecular weight excluding hydrogens is 319 g/mol. The van der Waals surface area contributed by atoms with Gasteiger partial charge in [-0.1, -0.05) is 12.1 Å². The van der Waals surface area contributed by atoms with Gasteiger partial charge in [0.2, 0.25) is 0 Å². The number of nitrogens with zero attached hydrogens (tertiary/aromatic N) is 5. The van der Waals surface area contributed by atoms with Crippen molar-refractivity contribution in [2.45, 2.75) is 19.9 Å². The molecule has 2 aromatic heterocycles. The highest BCUT2D eigenvalue weighted by Gasteiger charge is 2.21. The molecule has 0 radical (unpaired) electrons. The van der Waals surface area contributed by atoms with Crippen LogP contribution >= 0.6 is 0 Å². The molecule has 0 amide bonds. The van der Waals surface area contributed by atoms with Crippen LogP contribution in [0, 0.1) is 31.0 Å². The maximum atomic E-state index is 13.3. The molecule has 0 aliphatic heterocycles. The Bertz CT molecular complexity index is 939. The van der Waals surface area contributed by atoms with Crippen LogP contribution in [0.3, 0.4) is 0 Å². The highest BCUT2D eigenvalue weighted by Crippen LogP contribution is 2.27. The second-order valence-corrected chi connectivity index (χ2v) is 5.77. The van der Waals surface area contributed by atoms with Crippen LogP contribution in [0.2, 0.25) is 0 Å². The number of halogens is 1. The number of benzene rings is 1. The minimum Gasteiger partial charge on any atom is -0.354 e. The lowest BCUT2D eigenvalue weighted by molar-refractivity contribution is 0.626. The van der Waals surface area contributed by atoms with Crippen LogP contribution in [0.15, 0.2) is 36.7 Å². The number of hydrogen-bond donors (Lipinski definition) is 1. The van der Waals surface area contributed by atoms with Gasteiger partial charge in [0.15, 0.2) is 5.82 Å². The van der Waals surface area contributed by atoms with Gasteiger partial charge < -0.3 is 9.88 Å². The quantitative estimate of drug-likeness (QED) is 0.792. The molecule has 0 saturated carbocycles. The first kappa shape index (κ1) is 16.6. The topological polar surface area (TPSA) is 79.4 Å². The normalized spacial score (nSPS) is 11.8. The SMILES string of the molecule is Cc1nnc(N[C@@H](c2ccc(F)cc2)c2nccn2C)c(C#N)c1C. The fraction of sp³-hybridized carbons (Fsp3) is 0.222. The van der Waals surface area contributed by atoms with Crippen molar-refractivity contribution in [1.82, 2.24) is 19.7 Å². The van der Waals surface area contributed by atoms with E-state index in [9.17, 15) is 9.65 Å². The summed E-state index contributed by atoms with van der Waals surface area (Å²) in [6.45, 7) is 3.64. The highest BCUT2D eigenvalue weighted by atomic mass is 19.1. The third-order valence-corrected chi connectivity index (χ3v) is 4.17. The Morgan fingerprint density at radius 3 is 2.52 bits per heavy atom. The van der Waals surface area contributed by atoms with Gasteiger partial charge in [0.1, 0.15) is 29.3 Å². The molecule has 0 spiro atoms. The highest BCUT2D eigenvalue weighted by molar-refractivity contribution is 5.57. The van der Waals surface area contributed by atoms with E-state index in [0.29, 0.717) is 17.1 Å². The van der Waals surface area contributed by atoms with Gasteiger partial charge in [-0.15, -0.1) is 5.10 Å². The van der Waals surface area contributed by atoms with E-state index in [1.54, 1.807) is 18.3 Å². The Balaban J connectivity index is 2.08. The van der Waals surface area contributed by atoms with Gasteiger partial charge in [-0.25, -0.2) is 9.37 Å². The number of nitriles is 1. The van der Waals surface area contributed by atoms with Gasteiger partial charge in [0.25, 0.3) is 0 Å². The number of nitrogens with one attached hydrogen (secondary N) is 1. The summed E-state index contributed by atoms with van der Waals surface area (Å²) in [6.07, 6.45) is 3.51. The lowest BCUT2D eigenvalue weighted by Gasteiger charge is -2.20. The summed E-state index contributed by atoms with van der Waals surface area (Å²) in [7, 11) is 1.87. The van der Waals surface area contributed by atoms with Crippen molar-refractivity contribution in [2.75, 3.05) is 5.32 Å². The van der Waals surface area contributed by atoms with Crippen molar-refractivity contribution in [2.24, 2.45) is 7.05 Å². The van der Waals surface area contributed by atoms with E-state index < -0.39 is 6.04 Å². The van der Waals surface area contributed by atoms with Crippen molar-refractivity contribution >= 4 is 5.82 Å². The molecule has 0 saturated heterocycles. The molecule has 7 heteroatoms. The fourth-order valence-electron chi connectivity index (χ4n) is 2.59. The maximum Gasteiger partial charge on any atom is 0.167 e. The molecule has 126 valence electrons. The first-order valence-electron chi connectivity index (χ1n) is 7.74. The van der Waals surface area contributed by atoms with Crippen LogP contribution in [0.1, 0.15) is 34.3 Å². The van der Waals surface area contributed by atoms with Gasteiger partial charge in [-0.05, 0) is 37.1 Å². The lowest BCUT2D eigenvalue weighted by Crippen LogP contribution is -2.19. The average molecular weight is 336 g/mol. The maximum absolute atomic E-state index is 13.3. The van der Waals surface area contributed by atoms with Crippen molar-refractivity contribution in [3.63, 3.8) is 0 Å². The molecule has 0 aliphatic rings. The number of aromatic nitrogens is 4. The van der Waals surface area contributed by atoms with E-state index in [1.165, 1.54) is 12.1 Å². The van der Waals surface area contributed by atoms with E-state index in [2.05, 4.69) is 26.6 Å². The largest absolute Gasteiger partial charge is 0.354 e. The number of hydrogen-bond acceptors (Lipinski definition) is 5. The first-order valence-corrected chi connectivity index (χ1v) is 7.74. The van der Waals surface area contributed by atoms with Crippen LogP contribution in [0.4, 0.5) is 10.2 Å². The summed E-state index contributed by atoms with van der Waals surface area (Å²) in [5.74, 6) is 0.782. The van der Waals surface area contributed by atoms with Gasteiger partial charge >= 0.3 is 0 Å². The zero-order chi connectivity index (χ0) is 18.0. The minimum absolute atomic E-state index is 0.314. The summed E-state index contributed by atoms with van der Waals surface area (Å²) in [5, 5.41) is 21.0. The summed E-state index contributed by atoms with van der Waals surface area (Å²) in [4.78, 5) is 4.38. The summed E-state index contributed by atoms with van der Waals surface area (Å²) in [6, 6.07) is 7.93. The Morgan fingerprint density at radius 2 is 1.92 bits per heavy atom. The Labute approximate surface area is 145 Å². The molecule has 2 heterocycles. The molecule has 0 bridgehead atoms. The minimum atomic E-state index is -0.399. The van der Waals surface area contributed by atoms with Crippen molar-refractivity contribution in [3.05, 3.63) is 70.7 Å². The second kappa shape index (κ2) is 6.69. The van der Waals surface area contributed by atoms with Gasteiger partial charge in [-0.2, -0.15) is 10.4 Å². The van der Waals surface area contributed by atoms with Crippen LogP contribution in [-0.2, 0) is 7.05 Å². The van der Waals surface area contributed by atoms with Crippen molar-refractivity contribution < 1.29 is 4.39 Å². The second-order valence-electron chi connectivity index (χ2n) is 5.77. The number of anilines is 1. The van der Waals surface area contributed by atoms with E-state index in [1.807, 2.05) is 31.7 Å². The zero-order valence-electron chi connectivity index (χ0n) is 14.2. The lowest BCUT2D eigenvalue weighted by atomic mass is 10.0. The summed E-state index contributed by atoms with van der Waals surface area (Å²) in [5.41, 5.74) is 2.73. The van der Waals surface area contributed by atoms with Gasteiger partial charge in [0.05, 0.1) is 5.69 Å². The molecule has 3 rings (SSSR count). The van der Waals surface area contributed by atoms with Crippen LogP contribution in [0.25, 0.3) is 0 Å². The molecule has 0 fully saturated rings. The van der Waals surface area contributed by atoms with Crippen molar-refractivity contribution in [3.8, 4) is 6.07 Å². The molecule has 1 aromatic carbocycles. The Kier molecular flexibility index (Phi) is 4.44. The summed E-state index contributed by atoms with van der Waals surface area (Å²) < 4.78 is 15.2. The zero-order valence-corrected chi connectivity index (χ0v) is 14.2. The average Bonchev–Trinajstić information content (AvgIpc) is 3.02. The van der Waals surface area contributed by atoms with E-state index >= 15 is 0 Å². The molecule has 1 atom stereocenters. The molecule has 0 aliphatic carbocycles. The monoisotopic (exact) mass is 336 g/mol. The summed E-state index contributed by atoms with van der Waals surface area (Å²) >= 11 is 0. The van der Waals surface area contributed by atoms with Crippen molar-refractivity contribution in [1.29, 1.82) is 5.26 Å². The van der Waals surface area contributed by atoms with E-state index in [4.69, 9.17) is 0 Å². The number of rotatable bonds is 4. The van der Waals surface area contributed by atoms with Gasteiger partial charge in [0, 0.05) is 19.4 Å². The first-order chi connectivity index (χ1) is 12.0. The fourth-order valence-corrected chi connectivity index (χ4v) is 2.59. The number of imidazole rings is 1. The van der Waals surface area contributed by atoms with Crippen LogP contribution in [0.5, 0.6) is 0 Å². The molecule has 6 nitrogen and oxygen atoms in total. The standard InChI is InChI=1S/C18H17FN6/c1-11-12(2)23-24-17(15(11)10-20)22-16(18-21-8-9-25(18)3)13-4-6-14(19)7-5-13/h4-9,16H,1-3H3,(H,22,24)/t16-/m0/s1. The van der Waals surface area contributed by atoms with E-state index in [-0.39, 0.29) is 5.82 Å². The molecule has 3 aromatic rings. The van der Waals surface area contributed by atoms with Crippen LogP contribution in [-0.4, -0.2) is 19.7 Å². The number of aryl methyl sites for hydroxylation is 2. The molecule has 1 N–H and O–H groups in total. The van der Waals surface area contributed by atoms with E-state index in [0.717, 1.165) is 17.0 Å². The molecular formula is C18H17FN6.